The summed E-state index contributed by atoms with van der Waals surface area (Å²) in [7, 11) is 0. The van der Waals surface area contributed by atoms with Gasteiger partial charge in [0.05, 0.1) is 0 Å². The molecule has 0 aliphatic carbocycles. The van der Waals surface area contributed by atoms with Crippen LogP contribution in [-0.4, -0.2) is 24.5 Å². The van der Waals surface area contributed by atoms with Crippen molar-refractivity contribution in [3.63, 3.8) is 0 Å². The molecule has 0 aliphatic heterocycles. The number of nitrogens with two attached hydrogens (primary N) is 1. The third kappa shape index (κ3) is 4.34. The van der Waals surface area contributed by atoms with E-state index < -0.39 is 0 Å². The van der Waals surface area contributed by atoms with Gasteiger partial charge in [-0.3, -0.25) is 4.90 Å². The first kappa shape index (κ1) is 14.5. The summed E-state index contributed by atoms with van der Waals surface area (Å²) in [6, 6.07) is 20.8. The molecule has 0 fully saturated rings. The van der Waals surface area contributed by atoms with E-state index in [1.54, 1.807) is 0 Å². The van der Waals surface area contributed by atoms with Crippen molar-refractivity contribution < 1.29 is 0 Å². The molecule has 20 heavy (non-hydrogen) atoms. The fourth-order valence-corrected chi connectivity index (χ4v) is 2.27. The Labute approximate surface area is 121 Å². The predicted molar refractivity (Wildman–Crippen MR) is 86.2 cm³/mol. The minimum absolute atomic E-state index is 0.662. The van der Waals surface area contributed by atoms with Crippen LogP contribution >= 0.6 is 0 Å². The van der Waals surface area contributed by atoms with E-state index in [9.17, 15) is 0 Å². The highest BCUT2D eigenvalue weighted by atomic mass is 15.1. The Morgan fingerprint density at radius 2 is 1.55 bits per heavy atom. The Balaban J connectivity index is 2.00. The van der Waals surface area contributed by atoms with E-state index >= 15 is 0 Å². The summed E-state index contributed by atoms with van der Waals surface area (Å²) in [4.78, 5) is 2.34. The van der Waals surface area contributed by atoms with Gasteiger partial charge >= 0.3 is 0 Å². The highest BCUT2D eigenvalue weighted by Gasteiger charge is 2.08. The Bertz CT molecular complexity index is 520. The van der Waals surface area contributed by atoms with Gasteiger partial charge in [-0.2, -0.15) is 0 Å². The number of nitrogens with zero attached hydrogens (tertiary/aromatic N) is 1. The summed E-state index contributed by atoms with van der Waals surface area (Å²) in [5.41, 5.74) is 9.36. The molecule has 0 amide bonds. The van der Waals surface area contributed by atoms with Gasteiger partial charge in [-0.15, -0.1) is 0 Å². The molecule has 2 rings (SSSR count). The molecule has 2 aromatic carbocycles. The Kier molecular flexibility index (Phi) is 5.54. The topological polar surface area (TPSA) is 29.3 Å². The van der Waals surface area contributed by atoms with E-state index in [1.165, 1.54) is 11.1 Å². The molecule has 0 unspecified atom stereocenters. The molecule has 2 N–H and O–H groups in total. The van der Waals surface area contributed by atoms with Crippen molar-refractivity contribution in [2.45, 2.75) is 6.54 Å². The molecule has 0 saturated heterocycles. The fraction of sp³-hybridized carbons (Fsp3) is 0.222. The minimum Gasteiger partial charge on any atom is -0.329 e. The van der Waals surface area contributed by atoms with E-state index in [4.69, 9.17) is 5.73 Å². The van der Waals surface area contributed by atoms with Gasteiger partial charge in [0.15, 0.2) is 0 Å². The molecular weight excluding hydrogens is 244 g/mol. The van der Waals surface area contributed by atoms with Gasteiger partial charge < -0.3 is 5.73 Å². The van der Waals surface area contributed by atoms with Gasteiger partial charge in [0, 0.05) is 26.2 Å². The summed E-state index contributed by atoms with van der Waals surface area (Å²) < 4.78 is 0. The lowest BCUT2D eigenvalue weighted by atomic mass is 10.1. The van der Waals surface area contributed by atoms with Gasteiger partial charge in [0.25, 0.3) is 0 Å². The van der Waals surface area contributed by atoms with Crippen LogP contribution in [0, 0.1) is 0 Å². The van der Waals surface area contributed by atoms with Crippen LogP contribution in [0.2, 0.25) is 0 Å². The van der Waals surface area contributed by atoms with Crippen LogP contribution in [0.1, 0.15) is 11.1 Å². The maximum absolute atomic E-state index is 5.73. The molecule has 2 heteroatoms. The third-order valence-corrected chi connectivity index (χ3v) is 3.29. The van der Waals surface area contributed by atoms with E-state index in [2.05, 4.69) is 47.9 Å². The van der Waals surface area contributed by atoms with Crippen molar-refractivity contribution in [1.82, 2.24) is 4.90 Å². The summed E-state index contributed by atoms with van der Waals surface area (Å²) in [6.07, 6.45) is 0. The number of hydrogen-bond acceptors (Lipinski definition) is 2. The Morgan fingerprint density at radius 1 is 0.950 bits per heavy atom. The molecule has 0 radical (unpaired) electrons. The van der Waals surface area contributed by atoms with Crippen LogP contribution < -0.4 is 5.73 Å². The first-order valence-electron chi connectivity index (χ1n) is 6.99. The summed E-state index contributed by atoms with van der Waals surface area (Å²) in [6.45, 7) is 7.49. The highest BCUT2D eigenvalue weighted by Crippen LogP contribution is 2.14. The van der Waals surface area contributed by atoms with E-state index in [1.807, 2.05) is 24.3 Å². The normalized spacial score (nSPS) is 10.7. The number of hydrogen-bond donors (Lipinski definition) is 1. The number of rotatable bonds is 7. The lowest BCUT2D eigenvalue weighted by Crippen LogP contribution is -2.30. The van der Waals surface area contributed by atoms with Gasteiger partial charge in [0.2, 0.25) is 0 Å². The standard InChI is InChI=1S/C18H22N2/c1-16(18-10-6-3-7-11-18)14-20(13-12-19)15-17-8-4-2-5-9-17/h2-11H,1,12-15,19H2. The molecule has 0 atom stereocenters. The monoisotopic (exact) mass is 266 g/mol. The van der Waals surface area contributed by atoms with Crippen LogP contribution in [0.5, 0.6) is 0 Å². The zero-order valence-corrected chi connectivity index (χ0v) is 11.8. The molecule has 2 aromatic rings. The molecular formula is C18H22N2. The zero-order chi connectivity index (χ0) is 14.2. The predicted octanol–water partition coefficient (Wildman–Crippen LogP) is 3.16. The highest BCUT2D eigenvalue weighted by molar-refractivity contribution is 5.64. The number of benzene rings is 2. The average Bonchev–Trinajstić information content (AvgIpc) is 2.49. The summed E-state index contributed by atoms with van der Waals surface area (Å²) in [5, 5.41) is 0. The van der Waals surface area contributed by atoms with Crippen molar-refractivity contribution >= 4 is 5.57 Å². The lowest BCUT2D eigenvalue weighted by Gasteiger charge is -2.23. The van der Waals surface area contributed by atoms with Crippen molar-refractivity contribution in [3.8, 4) is 0 Å². The van der Waals surface area contributed by atoms with Gasteiger partial charge in [-0.05, 0) is 16.7 Å². The SMILES string of the molecule is C=C(CN(CCN)Cc1ccccc1)c1ccccc1. The molecule has 0 aromatic heterocycles. The largest absolute Gasteiger partial charge is 0.329 e. The molecule has 0 aliphatic rings. The summed E-state index contributed by atoms with van der Waals surface area (Å²) >= 11 is 0. The minimum atomic E-state index is 0.662. The zero-order valence-electron chi connectivity index (χ0n) is 11.8. The van der Waals surface area contributed by atoms with Crippen LogP contribution in [-0.2, 0) is 6.54 Å². The second-order valence-electron chi connectivity index (χ2n) is 4.95. The molecule has 0 bridgehead atoms. The van der Waals surface area contributed by atoms with Crippen LogP contribution in [0.15, 0.2) is 67.2 Å². The van der Waals surface area contributed by atoms with Crippen molar-refractivity contribution in [2.75, 3.05) is 19.6 Å². The third-order valence-electron chi connectivity index (χ3n) is 3.29. The van der Waals surface area contributed by atoms with E-state index in [0.717, 1.165) is 25.2 Å². The van der Waals surface area contributed by atoms with Gasteiger partial charge in [-0.25, -0.2) is 0 Å². The van der Waals surface area contributed by atoms with Crippen molar-refractivity contribution in [3.05, 3.63) is 78.4 Å². The van der Waals surface area contributed by atoms with Crippen LogP contribution in [0.4, 0.5) is 0 Å². The first-order valence-corrected chi connectivity index (χ1v) is 6.99. The maximum Gasteiger partial charge on any atom is 0.0237 e. The molecule has 0 heterocycles. The molecule has 0 spiro atoms. The second kappa shape index (κ2) is 7.63. The van der Waals surface area contributed by atoms with E-state index in [-0.39, 0.29) is 0 Å². The smallest absolute Gasteiger partial charge is 0.0237 e. The fourth-order valence-electron chi connectivity index (χ4n) is 2.27. The van der Waals surface area contributed by atoms with Crippen molar-refractivity contribution in [2.24, 2.45) is 5.73 Å². The quantitative estimate of drug-likeness (QED) is 0.834. The Morgan fingerprint density at radius 3 is 2.15 bits per heavy atom. The van der Waals surface area contributed by atoms with E-state index in [0.29, 0.717) is 6.54 Å². The van der Waals surface area contributed by atoms with Gasteiger partial charge in [-0.1, -0.05) is 67.2 Å². The Hall–Kier alpha value is -1.90. The maximum atomic E-state index is 5.73. The summed E-state index contributed by atoms with van der Waals surface area (Å²) in [5.74, 6) is 0. The molecule has 2 nitrogen and oxygen atoms in total. The van der Waals surface area contributed by atoms with Crippen LogP contribution in [0.3, 0.4) is 0 Å². The van der Waals surface area contributed by atoms with Crippen LogP contribution in [0.25, 0.3) is 5.57 Å². The average molecular weight is 266 g/mol. The molecule has 0 saturated carbocycles. The van der Waals surface area contributed by atoms with Crippen molar-refractivity contribution in [1.29, 1.82) is 0 Å². The van der Waals surface area contributed by atoms with Gasteiger partial charge in [0.1, 0.15) is 0 Å². The lowest BCUT2D eigenvalue weighted by molar-refractivity contribution is 0.307. The first-order chi connectivity index (χ1) is 9.79. The molecule has 104 valence electrons. The second-order valence-corrected chi connectivity index (χ2v) is 4.95.